The van der Waals surface area contributed by atoms with Gasteiger partial charge in [0.25, 0.3) is 0 Å². The third-order valence-corrected chi connectivity index (χ3v) is 4.97. The highest BCUT2D eigenvalue weighted by molar-refractivity contribution is 5.86. The number of amides is 1. The SMILES string of the molecule is COc1cc(-c2ccc(CC(C#N)NC(=O)C3(N)CCOCC3)cc2)ccn1. The number of carbonyl (C=O) groups is 1. The van der Waals surface area contributed by atoms with Crippen LogP contribution >= 0.6 is 0 Å². The van der Waals surface area contributed by atoms with Gasteiger partial charge in [0.15, 0.2) is 0 Å². The summed E-state index contributed by atoms with van der Waals surface area (Å²) in [6, 6.07) is 13.1. The van der Waals surface area contributed by atoms with Gasteiger partial charge in [0.2, 0.25) is 11.8 Å². The summed E-state index contributed by atoms with van der Waals surface area (Å²) in [6.45, 7) is 0.921. The van der Waals surface area contributed by atoms with Crippen molar-refractivity contribution in [2.24, 2.45) is 5.73 Å². The Kier molecular flexibility index (Phi) is 6.24. The summed E-state index contributed by atoms with van der Waals surface area (Å²) in [5.41, 5.74) is 8.20. The Hall–Kier alpha value is -2.95. The number of nitriles is 1. The van der Waals surface area contributed by atoms with E-state index in [-0.39, 0.29) is 5.91 Å². The van der Waals surface area contributed by atoms with Gasteiger partial charge < -0.3 is 20.5 Å². The van der Waals surface area contributed by atoms with Gasteiger partial charge in [-0.1, -0.05) is 24.3 Å². The van der Waals surface area contributed by atoms with Crippen LogP contribution in [0.25, 0.3) is 11.1 Å². The van der Waals surface area contributed by atoms with E-state index in [1.54, 1.807) is 13.3 Å². The molecule has 1 aromatic heterocycles. The molecule has 1 saturated heterocycles. The Labute approximate surface area is 164 Å². The minimum absolute atomic E-state index is 0.289. The lowest BCUT2D eigenvalue weighted by Gasteiger charge is -2.32. The fourth-order valence-electron chi connectivity index (χ4n) is 3.16. The Morgan fingerprint density at radius 3 is 2.68 bits per heavy atom. The van der Waals surface area contributed by atoms with Gasteiger partial charge in [0, 0.05) is 31.9 Å². The zero-order valence-corrected chi connectivity index (χ0v) is 15.9. The average Bonchev–Trinajstić information content (AvgIpc) is 2.74. The molecule has 0 radical (unpaired) electrons. The highest BCUT2D eigenvalue weighted by Gasteiger charge is 2.36. The van der Waals surface area contributed by atoms with Gasteiger partial charge in [-0.25, -0.2) is 4.98 Å². The molecule has 1 aliphatic rings. The molecule has 0 saturated carbocycles. The molecule has 0 aliphatic carbocycles. The minimum Gasteiger partial charge on any atom is -0.481 e. The van der Waals surface area contributed by atoms with Gasteiger partial charge in [0.05, 0.1) is 18.7 Å². The highest BCUT2D eigenvalue weighted by atomic mass is 16.5. The number of aromatic nitrogens is 1. The van der Waals surface area contributed by atoms with E-state index in [0.717, 1.165) is 16.7 Å². The van der Waals surface area contributed by atoms with Gasteiger partial charge >= 0.3 is 0 Å². The number of nitrogens with zero attached hydrogens (tertiary/aromatic N) is 2. The van der Waals surface area contributed by atoms with E-state index in [4.69, 9.17) is 15.2 Å². The summed E-state index contributed by atoms with van der Waals surface area (Å²) in [5.74, 6) is 0.264. The smallest absolute Gasteiger partial charge is 0.241 e. The third-order valence-electron chi connectivity index (χ3n) is 4.97. The van der Waals surface area contributed by atoms with Crippen molar-refractivity contribution in [3.63, 3.8) is 0 Å². The summed E-state index contributed by atoms with van der Waals surface area (Å²) in [6.07, 6.45) is 3.03. The second-order valence-corrected chi connectivity index (χ2v) is 6.91. The molecule has 2 aromatic rings. The standard InChI is InChI=1S/C21H24N4O3/c1-27-19-13-17(6-9-24-19)16-4-2-15(3-5-16)12-18(14-22)25-20(26)21(23)7-10-28-11-8-21/h2-6,9,13,18H,7-8,10-12,23H2,1H3,(H,25,26). The number of carbonyl (C=O) groups excluding carboxylic acids is 1. The molecule has 0 spiro atoms. The van der Waals surface area contributed by atoms with Crippen LogP contribution in [0.3, 0.4) is 0 Å². The summed E-state index contributed by atoms with van der Waals surface area (Å²) in [7, 11) is 1.58. The lowest BCUT2D eigenvalue weighted by atomic mass is 9.90. The highest BCUT2D eigenvalue weighted by Crippen LogP contribution is 2.23. The van der Waals surface area contributed by atoms with Crippen LogP contribution in [0.15, 0.2) is 42.6 Å². The molecule has 0 bridgehead atoms. The number of rotatable bonds is 6. The maximum Gasteiger partial charge on any atom is 0.241 e. The normalized spacial score (nSPS) is 16.6. The monoisotopic (exact) mass is 380 g/mol. The molecule has 1 atom stereocenters. The molecule has 1 fully saturated rings. The first-order chi connectivity index (χ1) is 13.5. The number of ether oxygens (including phenoxy) is 2. The zero-order valence-electron chi connectivity index (χ0n) is 15.9. The molecule has 1 aromatic carbocycles. The molecule has 3 rings (SSSR count). The average molecular weight is 380 g/mol. The van der Waals surface area contributed by atoms with Gasteiger partial charge in [-0.2, -0.15) is 5.26 Å². The summed E-state index contributed by atoms with van der Waals surface area (Å²) < 4.78 is 10.4. The van der Waals surface area contributed by atoms with Crippen molar-refractivity contribution in [3.05, 3.63) is 48.2 Å². The first-order valence-corrected chi connectivity index (χ1v) is 9.20. The number of hydrogen-bond donors (Lipinski definition) is 2. The number of benzene rings is 1. The summed E-state index contributed by atoms with van der Waals surface area (Å²) >= 11 is 0. The number of methoxy groups -OCH3 is 1. The van der Waals surface area contributed by atoms with Crippen molar-refractivity contribution in [1.29, 1.82) is 5.26 Å². The van der Waals surface area contributed by atoms with Crippen LogP contribution < -0.4 is 15.8 Å². The van der Waals surface area contributed by atoms with E-state index in [1.807, 2.05) is 36.4 Å². The maximum atomic E-state index is 12.5. The molecule has 3 N–H and O–H groups in total. The zero-order chi connectivity index (χ0) is 20.0. The Morgan fingerprint density at radius 1 is 1.32 bits per heavy atom. The van der Waals surface area contributed by atoms with E-state index in [0.29, 0.717) is 38.4 Å². The maximum absolute atomic E-state index is 12.5. The topological polar surface area (TPSA) is 110 Å². The molecule has 28 heavy (non-hydrogen) atoms. The number of nitrogens with two attached hydrogens (primary N) is 1. The van der Waals surface area contributed by atoms with Crippen LogP contribution in [0.2, 0.25) is 0 Å². The predicted octanol–water partition coefficient (Wildman–Crippen LogP) is 1.82. The Morgan fingerprint density at radius 2 is 2.04 bits per heavy atom. The molecular formula is C21H24N4O3. The van der Waals surface area contributed by atoms with Crippen molar-refractivity contribution in [1.82, 2.24) is 10.3 Å². The molecule has 7 nitrogen and oxygen atoms in total. The molecule has 2 heterocycles. The second-order valence-electron chi connectivity index (χ2n) is 6.91. The van der Waals surface area contributed by atoms with Gasteiger partial charge in [0.1, 0.15) is 6.04 Å². The fourth-order valence-corrected chi connectivity index (χ4v) is 3.16. The van der Waals surface area contributed by atoms with Crippen molar-refractivity contribution >= 4 is 5.91 Å². The fraction of sp³-hybridized carbons (Fsp3) is 0.381. The molecule has 1 aliphatic heterocycles. The summed E-state index contributed by atoms with van der Waals surface area (Å²) in [5, 5.41) is 12.2. The predicted molar refractivity (Wildman–Crippen MR) is 104 cm³/mol. The Bertz CT molecular complexity index is 855. The van der Waals surface area contributed by atoms with Crippen LogP contribution in [0.1, 0.15) is 18.4 Å². The number of hydrogen-bond acceptors (Lipinski definition) is 6. The molecule has 7 heteroatoms. The van der Waals surface area contributed by atoms with Gasteiger partial charge in [-0.15, -0.1) is 0 Å². The Balaban J connectivity index is 1.65. The quantitative estimate of drug-likeness (QED) is 0.791. The second kappa shape index (κ2) is 8.83. The first-order valence-electron chi connectivity index (χ1n) is 9.20. The van der Waals surface area contributed by atoms with Gasteiger partial charge in [-0.3, -0.25) is 4.79 Å². The lowest BCUT2D eigenvalue weighted by Crippen LogP contribution is -2.58. The minimum atomic E-state index is -0.961. The molecular weight excluding hydrogens is 356 g/mol. The number of pyridine rings is 1. The van der Waals surface area contributed by atoms with Crippen LogP contribution in [0.4, 0.5) is 0 Å². The van der Waals surface area contributed by atoms with Crippen LogP contribution in [-0.4, -0.2) is 42.8 Å². The van der Waals surface area contributed by atoms with Crippen LogP contribution in [0, 0.1) is 11.3 Å². The summed E-state index contributed by atoms with van der Waals surface area (Å²) in [4.78, 5) is 16.6. The van der Waals surface area contributed by atoms with Crippen LogP contribution in [0.5, 0.6) is 5.88 Å². The van der Waals surface area contributed by atoms with E-state index in [1.165, 1.54) is 0 Å². The van der Waals surface area contributed by atoms with Crippen molar-refractivity contribution in [2.75, 3.05) is 20.3 Å². The van der Waals surface area contributed by atoms with E-state index >= 15 is 0 Å². The molecule has 146 valence electrons. The van der Waals surface area contributed by atoms with E-state index in [2.05, 4.69) is 16.4 Å². The van der Waals surface area contributed by atoms with Gasteiger partial charge in [-0.05, 0) is 35.6 Å². The van der Waals surface area contributed by atoms with E-state index in [9.17, 15) is 10.1 Å². The van der Waals surface area contributed by atoms with Crippen molar-refractivity contribution < 1.29 is 14.3 Å². The van der Waals surface area contributed by atoms with Crippen molar-refractivity contribution in [2.45, 2.75) is 30.8 Å². The lowest BCUT2D eigenvalue weighted by molar-refractivity contribution is -0.130. The van der Waals surface area contributed by atoms with E-state index < -0.39 is 11.6 Å². The molecule has 1 unspecified atom stereocenters. The third kappa shape index (κ3) is 4.66. The van der Waals surface area contributed by atoms with Crippen LogP contribution in [-0.2, 0) is 16.0 Å². The largest absolute Gasteiger partial charge is 0.481 e. The molecule has 1 amide bonds. The number of nitrogens with one attached hydrogen (secondary N) is 1. The first kappa shape index (κ1) is 19.8. The van der Waals surface area contributed by atoms with Crippen molar-refractivity contribution in [3.8, 4) is 23.1 Å².